The molecule has 0 fully saturated rings. The van der Waals surface area contributed by atoms with E-state index in [1.54, 1.807) is 7.11 Å². The summed E-state index contributed by atoms with van der Waals surface area (Å²) in [6, 6.07) is 0.490. The predicted octanol–water partition coefficient (Wildman–Crippen LogP) is 2.83. The van der Waals surface area contributed by atoms with Crippen LogP contribution < -0.4 is 5.32 Å². The van der Waals surface area contributed by atoms with Crippen molar-refractivity contribution in [1.82, 2.24) is 5.32 Å². The van der Waals surface area contributed by atoms with Crippen molar-refractivity contribution in [2.24, 2.45) is 5.41 Å². The van der Waals surface area contributed by atoms with Gasteiger partial charge in [-0.2, -0.15) is 0 Å². The van der Waals surface area contributed by atoms with Crippen molar-refractivity contribution in [2.75, 3.05) is 14.2 Å². The lowest BCUT2D eigenvalue weighted by Crippen LogP contribution is -2.39. The highest BCUT2D eigenvalue weighted by atomic mass is 16.5. The molecule has 14 heavy (non-hydrogen) atoms. The zero-order chi connectivity index (χ0) is 11.2. The largest absolute Gasteiger partial charge is 0.380 e. The first kappa shape index (κ1) is 13.9. The molecular weight excluding hydrogens is 174 g/mol. The number of methoxy groups -OCH3 is 1. The molecule has 0 aliphatic carbocycles. The number of hydrogen-bond acceptors (Lipinski definition) is 2. The Balaban J connectivity index is 4.01. The van der Waals surface area contributed by atoms with E-state index in [0.29, 0.717) is 17.6 Å². The zero-order valence-corrected chi connectivity index (χ0v) is 10.7. The number of hydrogen-bond donors (Lipinski definition) is 1. The van der Waals surface area contributed by atoms with Crippen LogP contribution in [0.25, 0.3) is 0 Å². The van der Waals surface area contributed by atoms with Crippen LogP contribution in [0.15, 0.2) is 0 Å². The molecule has 0 aliphatic rings. The lowest BCUT2D eigenvalue weighted by atomic mass is 9.87. The van der Waals surface area contributed by atoms with Crippen molar-refractivity contribution in [3.63, 3.8) is 0 Å². The number of nitrogens with one attached hydrogen (secondary N) is 1. The second-order valence-electron chi connectivity index (χ2n) is 5.18. The molecule has 2 unspecified atom stereocenters. The van der Waals surface area contributed by atoms with Gasteiger partial charge in [0.05, 0.1) is 6.10 Å². The first-order valence-corrected chi connectivity index (χ1v) is 5.64. The Hall–Kier alpha value is -0.0800. The van der Waals surface area contributed by atoms with E-state index in [9.17, 15) is 0 Å². The second-order valence-corrected chi connectivity index (χ2v) is 5.18. The molecular formula is C12H27NO. The maximum Gasteiger partial charge on any atom is 0.0721 e. The Morgan fingerprint density at radius 3 is 2.14 bits per heavy atom. The van der Waals surface area contributed by atoms with Crippen molar-refractivity contribution >= 4 is 0 Å². The Labute approximate surface area is 89.4 Å². The third-order valence-corrected chi connectivity index (χ3v) is 2.73. The number of rotatable bonds is 6. The Bertz CT molecular complexity index is 136. The SMILES string of the molecule is CCC(OC)C(CCC(C)(C)C)NC. The maximum absolute atomic E-state index is 5.46. The van der Waals surface area contributed by atoms with Crippen molar-refractivity contribution in [3.8, 4) is 0 Å². The summed E-state index contributed by atoms with van der Waals surface area (Å²) >= 11 is 0. The molecule has 1 N–H and O–H groups in total. The average molecular weight is 201 g/mol. The normalized spacial score (nSPS) is 16.7. The van der Waals surface area contributed by atoms with E-state index in [2.05, 4.69) is 33.0 Å². The minimum atomic E-state index is 0.349. The minimum absolute atomic E-state index is 0.349. The molecule has 0 aliphatic heterocycles. The van der Waals surface area contributed by atoms with Gasteiger partial charge in [-0.1, -0.05) is 27.7 Å². The summed E-state index contributed by atoms with van der Waals surface area (Å²) in [5.41, 5.74) is 0.418. The molecule has 0 bridgehead atoms. The molecule has 2 atom stereocenters. The summed E-state index contributed by atoms with van der Waals surface area (Å²) in [5.74, 6) is 0. The van der Waals surface area contributed by atoms with Crippen LogP contribution in [-0.2, 0) is 4.74 Å². The second kappa shape index (κ2) is 6.41. The topological polar surface area (TPSA) is 21.3 Å². The number of likely N-dealkylation sites (N-methyl/N-ethyl adjacent to an activating group) is 1. The lowest BCUT2D eigenvalue weighted by Gasteiger charge is -2.28. The third-order valence-electron chi connectivity index (χ3n) is 2.73. The summed E-state index contributed by atoms with van der Waals surface area (Å²) in [6.07, 6.45) is 3.85. The lowest BCUT2D eigenvalue weighted by molar-refractivity contribution is 0.0612. The highest BCUT2D eigenvalue weighted by Gasteiger charge is 2.20. The fourth-order valence-corrected chi connectivity index (χ4v) is 1.72. The predicted molar refractivity (Wildman–Crippen MR) is 62.6 cm³/mol. The quantitative estimate of drug-likeness (QED) is 0.713. The fraction of sp³-hybridized carbons (Fsp3) is 1.00. The van der Waals surface area contributed by atoms with Gasteiger partial charge in [0.2, 0.25) is 0 Å². The summed E-state index contributed by atoms with van der Waals surface area (Å²) in [7, 11) is 3.82. The molecule has 2 nitrogen and oxygen atoms in total. The molecule has 0 radical (unpaired) electrons. The van der Waals surface area contributed by atoms with Crippen LogP contribution in [0.5, 0.6) is 0 Å². The van der Waals surface area contributed by atoms with Gasteiger partial charge in [0.1, 0.15) is 0 Å². The van der Waals surface area contributed by atoms with Crippen molar-refractivity contribution in [3.05, 3.63) is 0 Å². The molecule has 0 amide bonds. The maximum atomic E-state index is 5.46. The van der Waals surface area contributed by atoms with Gasteiger partial charge in [0.15, 0.2) is 0 Å². The van der Waals surface area contributed by atoms with Gasteiger partial charge in [-0.05, 0) is 31.7 Å². The number of ether oxygens (including phenoxy) is 1. The zero-order valence-electron chi connectivity index (χ0n) is 10.7. The summed E-state index contributed by atoms with van der Waals surface area (Å²) < 4.78 is 5.46. The van der Waals surface area contributed by atoms with Gasteiger partial charge in [-0.3, -0.25) is 0 Å². The third kappa shape index (κ3) is 5.61. The van der Waals surface area contributed by atoms with Gasteiger partial charge in [0.25, 0.3) is 0 Å². The van der Waals surface area contributed by atoms with Crippen LogP contribution in [0.4, 0.5) is 0 Å². The van der Waals surface area contributed by atoms with Gasteiger partial charge >= 0.3 is 0 Å². The summed E-state index contributed by atoms with van der Waals surface area (Å²) in [5, 5.41) is 3.35. The van der Waals surface area contributed by atoms with E-state index in [0.717, 1.165) is 6.42 Å². The van der Waals surface area contributed by atoms with Crippen molar-refractivity contribution in [2.45, 2.75) is 59.1 Å². The van der Waals surface area contributed by atoms with E-state index >= 15 is 0 Å². The molecule has 86 valence electrons. The molecule has 0 aromatic heterocycles. The molecule has 0 aromatic rings. The van der Waals surface area contributed by atoms with Gasteiger partial charge < -0.3 is 10.1 Å². The van der Waals surface area contributed by atoms with Crippen molar-refractivity contribution in [1.29, 1.82) is 0 Å². The van der Waals surface area contributed by atoms with Gasteiger partial charge in [0, 0.05) is 13.2 Å². The van der Waals surface area contributed by atoms with Gasteiger partial charge in [-0.15, -0.1) is 0 Å². The average Bonchev–Trinajstić information content (AvgIpc) is 2.10. The smallest absolute Gasteiger partial charge is 0.0721 e. The minimum Gasteiger partial charge on any atom is -0.380 e. The molecule has 0 saturated carbocycles. The summed E-state index contributed by atoms with van der Waals surface area (Å²) in [4.78, 5) is 0. The van der Waals surface area contributed by atoms with Crippen LogP contribution in [0.3, 0.4) is 0 Å². The fourth-order valence-electron chi connectivity index (χ4n) is 1.72. The van der Waals surface area contributed by atoms with Crippen LogP contribution in [0.1, 0.15) is 47.0 Å². The van der Waals surface area contributed by atoms with Crippen LogP contribution in [0, 0.1) is 5.41 Å². The van der Waals surface area contributed by atoms with Crippen LogP contribution in [0.2, 0.25) is 0 Å². The van der Waals surface area contributed by atoms with E-state index in [1.807, 2.05) is 7.05 Å². The molecule has 0 saturated heterocycles. The molecule has 0 rings (SSSR count). The highest BCUT2D eigenvalue weighted by Crippen LogP contribution is 2.23. The molecule has 0 spiro atoms. The first-order chi connectivity index (χ1) is 6.44. The Morgan fingerprint density at radius 1 is 1.29 bits per heavy atom. The van der Waals surface area contributed by atoms with Crippen LogP contribution >= 0.6 is 0 Å². The Morgan fingerprint density at radius 2 is 1.86 bits per heavy atom. The van der Waals surface area contributed by atoms with E-state index in [4.69, 9.17) is 4.74 Å². The van der Waals surface area contributed by atoms with Crippen LogP contribution in [-0.4, -0.2) is 26.3 Å². The standard InChI is InChI=1S/C12H27NO/c1-7-11(14-6)10(13-5)8-9-12(2,3)4/h10-11,13H,7-9H2,1-6H3. The molecule has 0 aromatic carbocycles. The Kier molecular flexibility index (Phi) is 6.38. The van der Waals surface area contributed by atoms with E-state index < -0.39 is 0 Å². The molecule has 2 heteroatoms. The van der Waals surface area contributed by atoms with E-state index in [1.165, 1.54) is 12.8 Å². The van der Waals surface area contributed by atoms with E-state index in [-0.39, 0.29) is 0 Å². The summed E-state index contributed by atoms with van der Waals surface area (Å²) in [6.45, 7) is 9.03. The highest BCUT2D eigenvalue weighted by molar-refractivity contribution is 4.77. The van der Waals surface area contributed by atoms with Crippen molar-refractivity contribution < 1.29 is 4.74 Å². The molecule has 0 heterocycles. The monoisotopic (exact) mass is 201 g/mol. The first-order valence-electron chi connectivity index (χ1n) is 5.64. The van der Waals surface area contributed by atoms with Gasteiger partial charge in [-0.25, -0.2) is 0 Å².